The van der Waals surface area contributed by atoms with E-state index in [1.54, 1.807) is 28.4 Å². The van der Waals surface area contributed by atoms with Gasteiger partial charge in [0.1, 0.15) is 33.6 Å². The fourth-order valence-corrected chi connectivity index (χ4v) is 17.4. The molecule has 4 heterocycles. The lowest BCUT2D eigenvalue weighted by atomic mass is 9.62. The van der Waals surface area contributed by atoms with Gasteiger partial charge in [-0.3, -0.25) is 0 Å². The Morgan fingerprint density at radius 3 is 0.853 bits per heavy atom. The van der Waals surface area contributed by atoms with Crippen LogP contribution in [0.4, 0.5) is 0 Å². The predicted octanol–water partition coefficient (Wildman–Crippen LogP) is 10.4. The van der Waals surface area contributed by atoms with Crippen LogP contribution in [-0.4, -0.2) is 146 Å². The minimum atomic E-state index is -0.700. The molecular formula is C56H112O12. The molecule has 0 aromatic heterocycles. The molecule has 68 heavy (non-hydrogen) atoms. The number of hydrogen-bond donors (Lipinski definition) is 4. The largest absolute Gasteiger partial charge is 0.387 e. The molecule has 16 atom stereocenters. The molecule has 12 nitrogen and oxygen atoms in total. The summed E-state index contributed by atoms with van der Waals surface area (Å²) in [7, 11) is 7.02. The number of aliphatic hydroxyl groups is 4. The van der Waals surface area contributed by atoms with Crippen molar-refractivity contribution in [3.8, 4) is 0 Å². The van der Waals surface area contributed by atoms with Gasteiger partial charge in [-0.15, -0.1) is 0 Å². The highest BCUT2D eigenvalue weighted by molar-refractivity contribution is 5.29. The molecule has 4 aliphatic heterocycles. The second kappa shape index (κ2) is 16.5. The first kappa shape index (κ1) is 47.2. The molecule has 8 fully saturated rings. The SMILES string of the molecule is [3H]OC(C)(C)C12CC([C@H](C)O1)C(C)(C)[C@@]2(C)OC.[3H]OC(C)(C)C12CC([C@H](C)O1)C(C)(C)[C@]2(C)OC.[3H]OC(C)(C)C12CC([C@H](C)O1)[C@@](C)(OC)C2(C)C.[3H]OC(C)(C)C12CC([C@H](C)O1)[C@](C)(OC)C2(C)C.[3H][3H].[3H][3H].[3H][3H].[3H][3H]. The van der Waals surface area contributed by atoms with Crippen LogP contribution in [0.3, 0.4) is 0 Å². The van der Waals surface area contributed by atoms with E-state index in [-0.39, 0.29) is 57.3 Å². The number of fused-ring (bicyclic) bond motifs is 8. The average Bonchev–Trinajstić information content (AvgIpc) is 4.29. The molecule has 4 N–H and O–H groups in total. The molecule has 4 saturated heterocycles. The zero-order valence-corrected chi connectivity index (χ0v) is 48.3. The molecule has 8 aliphatic rings. The Bertz CT molecular complexity index is 1850. The van der Waals surface area contributed by atoms with Crippen LogP contribution in [0.5, 0.6) is 0 Å². The third-order valence-corrected chi connectivity index (χ3v) is 23.2. The molecule has 0 spiro atoms. The monoisotopic (exact) mass is 1000 g/mol. The molecule has 4 saturated carbocycles. The number of ether oxygens (including phenoxy) is 8. The van der Waals surface area contributed by atoms with Crippen LogP contribution in [0.25, 0.3) is 0 Å². The highest BCUT2D eigenvalue weighted by Gasteiger charge is 2.80. The fourth-order valence-electron chi connectivity index (χ4n) is 17.4. The molecule has 408 valence electrons. The molecule has 12 heteroatoms. The maximum Gasteiger partial charge on any atom is 0.211 e. The number of rotatable bonds is 12. The van der Waals surface area contributed by atoms with E-state index >= 15 is 0 Å². The quantitative estimate of drug-likeness (QED) is 0.147. The van der Waals surface area contributed by atoms with E-state index in [9.17, 15) is 0 Å². The van der Waals surface area contributed by atoms with Crippen molar-refractivity contribution in [2.24, 2.45) is 45.3 Å². The Morgan fingerprint density at radius 1 is 0.412 bits per heavy atom. The summed E-state index contributed by atoms with van der Waals surface area (Å²) in [5, 5.41) is 20.1. The van der Waals surface area contributed by atoms with Gasteiger partial charge in [-0.1, -0.05) is 55.4 Å². The van der Waals surface area contributed by atoms with E-state index < -0.39 is 56.0 Å². The maximum atomic E-state index is 7.43. The van der Waals surface area contributed by atoms with Gasteiger partial charge in [0.2, 0.25) is 5.72 Å². The van der Waals surface area contributed by atoms with Gasteiger partial charge >= 0.3 is 0 Å². The van der Waals surface area contributed by atoms with Crippen LogP contribution in [0.2, 0.25) is 0 Å². The molecule has 8 rings (SSSR count). The predicted molar refractivity (Wildman–Crippen MR) is 276 cm³/mol. The topological polar surface area (TPSA) is 155 Å². The van der Waals surface area contributed by atoms with Gasteiger partial charge in [-0.2, -0.15) is 0 Å². The summed E-state index contributed by atoms with van der Waals surface area (Å²) in [5.41, 5.74) is -6.64. The van der Waals surface area contributed by atoms with Crippen molar-refractivity contribution in [3.63, 3.8) is 0 Å². The van der Waals surface area contributed by atoms with E-state index in [0.29, 0.717) is 23.7 Å². The molecule has 0 amide bonds. The summed E-state index contributed by atoms with van der Waals surface area (Å²) in [6.45, 7) is 50.0. The van der Waals surface area contributed by atoms with Crippen molar-refractivity contribution < 1.29 is 70.2 Å². The van der Waals surface area contributed by atoms with E-state index in [1.807, 2.05) is 55.4 Å². The smallest absolute Gasteiger partial charge is 0.211 e. The van der Waals surface area contributed by atoms with Crippen molar-refractivity contribution in [1.29, 1.82) is 5.72 Å². The highest BCUT2D eigenvalue weighted by Crippen LogP contribution is 2.71. The van der Waals surface area contributed by atoms with Gasteiger partial charge < -0.3 is 58.3 Å². The minimum Gasteiger partial charge on any atom is -0.387 e. The lowest BCUT2D eigenvalue weighted by Gasteiger charge is -2.57. The molecule has 8 unspecified atom stereocenters. The van der Waals surface area contributed by atoms with Crippen molar-refractivity contribution in [1.82, 2.24) is 0 Å². The van der Waals surface area contributed by atoms with Crippen LogP contribution in [0, 0.1) is 45.3 Å². The summed E-state index contributed by atoms with van der Waals surface area (Å²) in [5.74, 6) is 1.53. The first-order valence-corrected chi connectivity index (χ1v) is 25.9. The third-order valence-electron chi connectivity index (χ3n) is 23.2. The Morgan fingerprint density at radius 2 is 0.632 bits per heavy atom. The summed E-state index contributed by atoms with van der Waals surface area (Å²) in [4.78, 5) is 0. The number of methoxy groups -OCH3 is 4. The minimum absolute atomic E-state index is 0.00475. The Hall–Kier alpha value is -0.480. The molecule has 4 aliphatic carbocycles. The van der Waals surface area contributed by atoms with Crippen molar-refractivity contribution >= 4 is 0 Å². The van der Waals surface area contributed by atoms with Gasteiger partial charge in [0.25, 0.3) is 0 Å². The summed E-state index contributed by atoms with van der Waals surface area (Å²) in [6.07, 6.45) is 4.17. The Kier molecular flexibility index (Phi) is 11.5. The van der Waals surface area contributed by atoms with E-state index in [2.05, 4.69) is 111 Å². The second-order valence-corrected chi connectivity index (χ2v) is 27.7. The highest BCUT2D eigenvalue weighted by atomic mass is 16.6. The first-order chi connectivity index (χ1) is 36.4. The summed E-state index contributed by atoms with van der Waals surface area (Å²) in [6, 6.07) is 0. The van der Waals surface area contributed by atoms with Gasteiger partial charge in [0.15, 0.2) is 0 Å². The summed E-state index contributed by atoms with van der Waals surface area (Å²) >= 11 is 0. The Balaban J connectivity index is 0.000000511. The molecule has 0 aromatic carbocycles. The zero-order valence-electron chi connectivity index (χ0n) is 60.3. The Labute approximate surface area is 432 Å². The van der Waals surface area contributed by atoms with Crippen molar-refractivity contribution in [3.05, 3.63) is 0 Å². The van der Waals surface area contributed by atoms with Crippen LogP contribution in [0.15, 0.2) is 0 Å². The molecule has 0 aromatic rings. The molecular weight excluding hydrogens is 865 g/mol. The van der Waals surface area contributed by atoms with E-state index in [0.717, 1.165) is 25.7 Å². The van der Waals surface area contributed by atoms with E-state index in [4.69, 9.17) is 75.9 Å². The van der Waals surface area contributed by atoms with Crippen LogP contribution in [-0.2, 0) is 37.9 Å². The lowest BCUT2D eigenvalue weighted by Crippen LogP contribution is -2.69. The number of hydrogen-bond acceptors (Lipinski definition) is 12. The maximum absolute atomic E-state index is 7.43. The molecule has 0 radical (unpaired) electrons. The van der Waals surface area contributed by atoms with Gasteiger partial charge in [0, 0.05) is 73.8 Å². The van der Waals surface area contributed by atoms with Gasteiger partial charge in [0.05, 0.1) is 58.0 Å². The second-order valence-electron chi connectivity index (χ2n) is 27.7. The third kappa shape index (κ3) is 6.85. The standard InChI is InChI=1S/4C14H26O3.4H2/c2*1-9-10-8-14(17-9,12(4,5)15)11(2,3)13(10,6)16-7;2*1-9-10-8-14(17-9,12(4,5)15)13(6,16-7)11(10,2)3;;;;/h4*9-10,15H,8H2,1-7H3;4*1H/t9-,10?,13+,14?;9-,10?,13-,14?;9-,10?,13+,14?;9-,10?,13-,14?;;;;/m0000..../s1/i4*15T;4*1+2T. The normalized spacial score (nSPS) is 49.9. The van der Waals surface area contributed by atoms with Crippen molar-refractivity contribution in [2.75, 3.05) is 28.4 Å². The van der Waals surface area contributed by atoms with E-state index in [1.165, 1.54) is 0 Å². The lowest BCUT2D eigenvalue weighted by molar-refractivity contribution is -0.294. The van der Waals surface area contributed by atoms with Gasteiger partial charge in [-0.25, -0.2) is 0 Å². The average molecular weight is 1000 g/mol. The first-order valence-electron chi connectivity index (χ1n) is 31.5. The summed E-state index contributed by atoms with van der Waals surface area (Å²) < 4.78 is 118. The van der Waals surface area contributed by atoms with Crippen molar-refractivity contribution in [2.45, 2.75) is 283 Å². The van der Waals surface area contributed by atoms with Gasteiger partial charge in [-0.05, 0) is 148 Å². The van der Waals surface area contributed by atoms with Crippen LogP contribution < -0.4 is 0 Å². The molecule has 8 bridgehead atoms. The van der Waals surface area contributed by atoms with Crippen LogP contribution >= 0.6 is 0 Å². The zero-order chi connectivity index (χ0) is 63.9. The fraction of sp³-hybridized carbons (Fsp3) is 1.00. The van der Waals surface area contributed by atoms with Crippen LogP contribution in [0.1, 0.15) is 204 Å².